The molecule has 2 rings (SSSR count). The first kappa shape index (κ1) is 13.6. The van der Waals surface area contributed by atoms with Gasteiger partial charge in [0, 0.05) is 6.04 Å². The van der Waals surface area contributed by atoms with Crippen LogP contribution in [-0.2, 0) is 16.4 Å². The van der Waals surface area contributed by atoms with Crippen molar-refractivity contribution in [3.8, 4) is 0 Å². The van der Waals surface area contributed by atoms with Crippen molar-refractivity contribution < 1.29 is 8.42 Å². The third-order valence-corrected chi connectivity index (χ3v) is 4.28. The van der Waals surface area contributed by atoms with E-state index in [-0.39, 0.29) is 16.8 Å². The summed E-state index contributed by atoms with van der Waals surface area (Å²) in [5.74, 6) is 0.0411. The second-order valence-electron chi connectivity index (χ2n) is 4.36. The third kappa shape index (κ3) is 3.33. The standard InChI is InChI=1S/C12H16N4O2S/c1-9(7-10-5-3-2-4-6-10)16-19(17,18)11-8-14-15-12(11)13/h2-6,8-9,16H,7H2,1H3,(H3,13,14,15). The van der Waals surface area contributed by atoms with Crippen molar-refractivity contribution in [3.63, 3.8) is 0 Å². The molecule has 1 heterocycles. The Morgan fingerprint density at radius 3 is 2.63 bits per heavy atom. The number of aromatic amines is 1. The minimum absolute atomic E-state index is 0.0209. The van der Waals surface area contributed by atoms with Gasteiger partial charge in [-0.05, 0) is 18.9 Å². The summed E-state index contributed by atoms with van der Waals surface area (Å²) in [5, 5.41) is 6.02. The number of nitrogens with two attached hydrogens (primary N) is 1. The number of hydrogen-bond donors (Lipinski definition) is 3. The van der Waals surface area contributed by atoms with Crippen LogP contribution in [0.4, 0.5) is 5.82 Å². The number of aromatic nitrogens is 2. The van der Waals surface area contributed by atoms with E-state index in [4.69, 9.17) is 5.73 Å². The number of nitrogen functional groups attached to an aromatic ring is 1. The molecule has 2 aromatic rings. The maximum Gasteiger partial charge on any atom is 0.246 e. The Morgan fingerprint density at radius 2 is 2.05 bits per heavy atom. The predicted molar refractivity (Wildman–Crippen MR) is 72.9 cm³/mol. The lowest BCUT2D eigenvalue weighted by molar-refractivity contribution is 0.560. The van der Waals surface area contributed by atoms with Gasteiger partial charge in [-0.25, -0.2) is 13.1 Å². The molecule has 0 amide bonds. The molecule has 0 aliphatic carbocycles. The van der Waals surface area contributed by atoms with Gasteiger partial charge in [0.1, 0.15) is 10.7 Å². The van der Waals surface area contributed by atoms with E-state index in [1.807, 2.05) is 30.3 Å². The fraction of sp³-hybridized carbons (Fsp3) is 0.250. The van der Waals surface area contributed by atoms with Gasteiger partial charge in [0.05, 0.1) is 6.20 Å². The first-order chi connectivity index (χ1) is 8.99. The predicted octanol–water partition coefficient (Wildman–Crippen LogP) is 0.901. The normalized spacial score (nSPS) is 13.3. The molecule has 0 saturated carbocycles. The van der Waals surface area contributed by atoms with E-state index < -0.39 is 10.0 Å². The third-order valence-electron chi connectivity index (χ3n) is 2.66. The van der Waals surface area contributed by atoms with Crippen LogP contribution in [0.25, 0.3) is 0 Å². The molecule has 0 spiro atoms. The van der Waals surface area contributed by atoms with Gasteiger partial charge in [-0.15, -0.1) is 0 Å². The van der Waals surface area contributed by atoms with E-state index in [1.54, 1.807) is 6.92 Å². The number of hydrogen-bond acceptors (Lipinski definition) is 4. The molecule has 0 radical (unpaired) electrons. The second kappa shape index (κ2) is 5.41. The van der Waals surface area contributed by atoms with Crippen LogP contribution < -0.4 is 10.5 Å². The summed E-state index contributed by atoms with van der Waals surface area (Å²) in [4.78, 5) is -0.0209. The highest BCUT2D eigenvalue weighted by molar-refractivity contribution is 7.89. The smallest absolute Gasteiger partial charge is 0.246 e. The van der Waals surface area contributed by atoms with Crippen molar-refractivity contribution in [2.75, 3.05) is 5.73 Å². The van der Waals surface area contributed by atoms with Gasteiger partial charge in [0.2, 0.25) is 10.0 Å². The minimum Gasteiger partial charge on any atom is -0.383 e. The zero-order chi connectivity index (χ0) is 13.9. The molecule has 1 atom stereocenters. The zero-order valence-corrected chi connectivity index (χ0v) is 11.3. The first-order valence-electron chi connectivity index (χ1n) is 5.84. The molecule has 1 aromatic carbocycles. The molecule has 7 heteroatoms. The van der Waals surface area contributed by atoms with Crippen LogP contribution in [0.1, 0.15) is 12.5 Å². The van der Waals surface area contributed by atoms with E-state index in [1.165, 1.54) is 6.20 Å². The van der Waals surface area contributed by atoms with Crippen molar-refractivity contribution >= 4 is 15.8 Å². The van der Waals surface area contributed by atoms with E-state index in [0.29, 0.717) is 6.42 Å². The lowest BCUT2D eigenvalue weighted by Crippen LogP contribution is -2.34. The van der Waals surface area contributed by atoms with Gasteiger partial charge in [-0.1, -0.05) is 30.3 Å². The van der Waals surface area contributed by atoms with Crippen molar-refractivity contribution in [2.45, 2.75) is 24.3 Å². The molecule has 0 fully saturated rings. The van der Waals surface area contributed by atoms with E-state index in [2.05, 4.69) is 14.9 Å². The average molecular weight is 280 g/mol. The molecule has 4 N–H and O–H groups in total. The summed E-state index contributed by atoms with van der Waals surface area (Å²) in [6, 6.07) is 9.44. The molecule has 19 heavy (non-hydrogen) atoms. The SMILES string of the molecule is CC(Cc1ccccc1)NS(=O)(=O)c1cn[nH]c1N. The fourth-order valence-corrected chi connectivity index (χ4v) is 3.10. The number of H-pyrrole nitrogens is 1. The Hall–Kier alpha value is -1.86. The summed E-state index contributed by atoms with van der Waals surface area (Å²) < 4.78 is 26.7. The maximum atomic E-state index is 12.1. The number of nitrogens with zero attached hydrogens (tertiary/aromatic N) is 1. The van der Waals surface area contributed by atoms with Crippen LogP contribution in [0.15, 0.2) is 41.4 Å². The zero-order valence-electron chi connectivity index (χ0n) is 10.5. The highest BCUT2D eigenvalue weighted by atomic mass is 32.2. The number of sulfonamides is 1. The monoisotopic (exact) mass is 280 g/mol. The van der Waals surface area contributed by atoms with Crippen LogP contribution in [0.5, 0.6) is 0 Å². The highest BCUT2D eigenvalue weighted by Gasteiger charge is 2.21. The van der Waals surface area contributed by atoms with Gasteiger partial charge in [-0.2, -0.15) is 5.10 Å². The molecule has 0 bridgehead atoms. The van der Waals surface area contributed by atoms with Crippen molar-refractivity contribution in [1.29, 1.82) is 0 Å². The summed E-state index contributed by atoms with van der Waals surface area (Å²) in [6.07, 6.45) is 1.81. The Bertz CT molecular complexity index is 637. The van der Waals surface area contributed by atoms with Crippen LogP contribution in [0.3, 0.4) is 0 Å². The van der Waals surface area contributed by atoms with Gasteiger partial charge in [-0.3, -0.25) is 5.10 Å². The molecule has 0 saturated heterocycles. The summed E-state index contributed by atoms with van der Waals surface area (Å²) in [5.41, 5.74) is 6.59. The Kier molecular flexibility index (Phi) is 3.87. The Balaban J connectivity index is 2.07. The van der Waals surface area contributed by atoms with Gasteiger partial charge < -0.3 is 5.73 Å². The van der Waals surface area contributed by atoms with E-state index in [9.17, 15) is 8.42 Å². The average Bonchev–Trinajstić information content (AvgIpc) is 2.76. The molecule has 1 aromatic heterocycles. The van der Waals surface area contributed by atoms with Gasteiger partial charge in [0.25, 0.3) is 0 Å². The molecule has 1 unspecified atom stereocenters. The van der Waals surface area contributed by atoms with Crippen molar-refractivity contribution in [3.05, 3.63) is 42.1 Å². The highest BCUT2D eigenvalue weighted by Crippen LogP contribution is 2.14. The van der Waals surface area contributed by atoms with Crippen molar-refractivity contribution in [2.24, 2.45) is 0 Å². The summed E-state index contributed by atoms with van der Waals surface area (Å²) >= 11 is 0. The molecule has 102 valence electrons. The number of benzene rings is 1. The lowest BCUT2D eigenvalue weighted by Gasteiger charge is -2.13. The van der Waals surface area contributed by atoms with Crippen LogP contribution in [0.2, 0.25) is 0 Å². The van der Waals surface area contributed by atoms with E-state index in [0.717, 1.165) is 5.56 Å². The molecular weight excluding hydrogens is 264 g/mol. The van der Waals surface area contributed by atoms with Gasteiger partial charge >= 0.3 is 0 Å². The fourth-order valence-electron chi connectivity index (χ4n) is 1.84. The summed E-state index contributed by atoms with van der Waals surface area (Å²) in [7, 11) is -3.64. The lowest BCUT2D eigenvalue weighted by atomic mass is 10.1. The minimum atomic E-state index is -3.64. The first-order valence-corrected chi connectivity index (χ1v) is 7.32. The number of rotatable bonds is 5. The summed E-state index contributed by atoms with van der Waals surface area (Å²) in [6.45, 7) is 1.81. The molecule has 0 aliphatic heterocycles. The number of nitrogens with one attached hydrogen (secondary N) is 2. The van der Waals surface area contributed by atoms with Crippen LogP contribution in [-0.4, -0.2) is 24.7 Å². The van der Waals surface area contributed by atoms with E-state index >= 15 is 0 Å². The molecule has 6 nitrogen and oxygen atoms in total. The van der Waals surface area contributed by atoms with Crippen molar-refractivity contribution in [1.82, 2.24) is 14.9 Å². The largest absolute Gasteiger partial charge is 0.383 e. The molecule has 0 aliphatic rings. The quantitative estimate of drug-likeness (QED) is 0.757. The number of anilines is 1. The van der Waals surface area contributed by atoms with Gasteiger partial charge in [0.15, 0.2) is 0 Å². The maximum absolute atomic E-state index is 12.1. The topological polar surface area (TPSA) is 101 Å². The second-order valence-corrected chi connectivity index (χ2v) is 6.04. The Labute approximate surface area is 112 Å². The molecular formula is C12H16N4O2S. The van der Waals surface area contributed by atoms with Crippen LogP contribution in [0, 0.1) is 0 Å². The van der Waals surface area contributed by atoms with Crippen LogP contribution >= 0.6 is 0 Å². The Morgan fingerprint density at radius 1 is 1.37 bits per heavy atom.